The molecule has 0 aromatic rings. The van der Waals surface area contributed by atoms with E-state index in [4.69, 9.17) is 4.74 Å². The standard InChI is InChI=1S/C24H32F2IO/c1-18-8-10-20(16-22(3,4)14-18)24(25,26)28-21-11-9-19(2)15-23(5,17-21)12-7-13-27-6/h8-11,14-17H,7,12-13H2,1-6H3/q-1. The van der Waals surface area contributed by atoms with Crippen LogP contribution in [0.2, 0.25) is 0 Å². The summed E-state index contributed by atoms with van der Waals surface area (Å²) in [5.74, 6) is 0.229. The van der Waals surface area contributed by atoms with Gasteiger partial charge in [-0.15, -0.1) is 0 Å². The third-order valence-electron chi connectivity index (χ3n) is 4.81. The normalized spacial score (nSPS) is 24.7. The van der Waals surface area contributed by atoms with Crippen LogP contribution in [0, 0.1) is 10.8 Å². The summed E-state index contributed by atoms with van der Waals surface area (Å²) in [6, 6.07) is 0. The van der Waals surface area contributed by atoms with Gasteiger partial charge in [-0.3, -0.25) is 0 Å². The third kappa shape index (κ3) is 6.71. The first kappa shape index (κ1) is 23.1. The molecule has 0 amide bonds. The van der Waals surface area contributed by atoms with Crippen LogP contribution < -0.4 is 21.2 Å². The molecule has 0 aromatic carbocycles. The van der Waals surface area contributed by atoms with Crippen LogP contribution >= 0.6 is 0 Å². The number of alkyl halides is 4. The van der Waals surface area contributed by atoms with Crippen LogP contribution in [0.5, 0.6) is 0 Å². The molecule has 1 unspecified atom stereocenters. The molecule has 0 saturated heterocycles. The molecule has 0 radical (unpaired) electrons. The van der Waals surface area contributed by atoms with Gasteiger partial charge in [0.2, 0.25) is 0 Å². The van der Waals surface area contributed by atoms with Gasteiger partial charge in [0.1, 0.15) is 0 Å². The maximum absolute atomic E-state index is 15.1. The van der Waals surface area contributed by atoms with E-state index < -0.39 is 11.5 Å². The van der Waals surface area contributed by atoms with E-state index in [0.29, 0.717) is 0 Å². The Hall–Kier alpha value is -1.17. The third-order valence-corrected chi connectivity index (χ3v) is 6.65. The molecular formula is C24H32F2IO-. The summed E-state index contributed by atoms with van der Waals surface area (Å²) in [6.45, 7) is 9.86. The molecule has 156 valence electrons. The van der Waals surface area contributed by atoms with Crippen molar-refractivity contribution in [2.75, 3.05) is 9.36 Å². The Morgan fingerprint density at radius 3 is 2.25 bits per heavy atom. The van der Waals surface area contributed by atoms with Crippen molar-refractivity contribution in [3.8, 4) is 0 Å². The molecule has 0 bridgehead atoms. The van der Waals surface area contributed by atoms with Gasteiger partial charge in [-0.2, -0.15) is 0 Å². The fraction of sp³-hybridized carbons (Fsp3) is 0.500. The molecule has 4 heteroatoms. The molecule has 0 aliphatic heterocycles. The molecule has 2 rings (SSSR count). The first-order valence-corrected chi connectivity index (χ1v) is 13.3. The maximum atomic E-state index is 15.1. The van der Waals surface area contributed by atoms with Crippen LogP contribution in [0.1, 0.15) is 47.5 Å². The molecule has 0 saturated carbocycles. The predicted molar refractivity (Wildman–Crippen MR) is 110 cm³/mol. The van der Waals surface area contributed by atoms with Crippen molar-refractivity contribution >= 4 is 0 Å². The second kappa shape index (κ2) is 9.10. The van der Waals surface area contributed by atoms with Gasteiger partial charge >= 0.3 is 173 Å². The average molecular weight is 501 g/mol. The van der Waals surface area contributed by atoms with Crippen molar-refractivity contribution < 1.29 is 34.7 Å². The monoisotopic (exact) mass is 501 g/mol. The Labute approximate surface area is 179 Å². The fourth-order valence-electron chi connectivity index (χ4n) is 3.72. The van der Waals surface area contributed by atoms with Gasteiger partial charge in [-0.1, -0.05) is 0 Å². The van der Waals surface area contributed by atoms with Crippen LogP contribution in [-0.4, -0.2) is 15.5 Å². The summed E-state index contributed by atoms with van der Waals surface area (Å²) in [5.41, 5.74) is 1.20. The number of rotatable bonds is 7. The van der Waals surface area contributed by atoms with Gasteiger partial charge in [0.05, 0.1) is 0 Å². The molecule has 0 spiro atoms. The van der Waals surface area contributed by atoms with E-state index in [2.05, 4.69) is 17.9 Å². The summed E-state index contributed by atoms with van der Waals surface area (Å²) in [6.07, 6.45) is 13.0. The zero-order valence-electron chi connectivity index (χ0n) is 17.8. The van der Waals surface area contributed by atoms with Crippen molar-refractivity contribution in [2.45, 2.75) is 53.6 Å². The van der Waals surface area contributed by atoms with Gasteiger partial charge in [-0.25, -0.2) is 0 Å². The predicted octanol–water partition coefficient (Wildman–Crippen LogP) is 3.97. The molecule has 0 N–H and O–H groups in total. The van der Waals surface area contributed by atoms with E-state index in [9.17, 15) is 0 Å². The van der Waals surface area contributed by atoms with Crippen LogP contribution in [0.25, 0.3) is 0 Å². The van der Waals surface area contributed by atoms with Crippen molar-refractivity contribution in [3.63, 3.8) is 0 Å². The van der Waals surface area contributed by atoms with Gasteiger partial charge in [0.15, 0.2) is 0 Å². The molecule has 0 aromatic heterocycles. The Bertz CT molecular complexity index is 765. The minimum atomic E-state index is -3.39. The molecule has 28 heavy (non-hydrogen) atoms. The summed E-state index contributed by atoms with van der Waals surface area (Å²) in [4.78, 5) is 2.27. The Morgan fingerprint density at radius 2 is 1.57 bits per heavy atom. The van der Waals surface area contributed by atoms with E-state index in [1.807, 2.05) is 45.9 Å². The first-order valence-electron chi connectivity index (χ1n) is 9.67. The van der Waals surface area contributed by atoms with E-state index in [-0.39, 0.29) is 38.0 Å². The summed E-state index contributed by atoms with van der Waals surface area (Å²) < 4.78 is 36.7. The average Bonchev–Trinajstić information content (AvgIpc) is 2.78. The zero-order chi connectivity index (χ0) is 21.0. The molecule has 2 aliphatic rings. The molecule has 2 aliphatic carbocycles. The number of allylic oxidation sites excluding steroid dienone is 9. The number of hydrogen-bond donors (Lipinski definition) is 0. The van der Waals surface area contributed by atoms with Gasteiger partial charge < -0.3 is 0 Å². The van der Waals surface area contributed by atoms with E-state index >= 15 is 8.78 Å². The van der Waals surface area contributed by atoms with Crippen LogP contribution in [0.15, 0.2) is 71.1 Å². The summed E-state index contributed by atoms with van der Waals surface area (Å²) >= 11 is 0.250. The van der Waals surface area contributed by atoms with E-state index in [1.54, 1.807) is 18.2 Å². The second-order valence-electron chi connectivity index (χ2n) is 8.60. The zero-order valence-corrected chi connectivity index (χ0v) is 19.9. The molecular weight excluding hydrogens is 469 g/mol. The second-order valence-corrected chi connectivity index (χ2v) is 11.2. The molecule has 1 nitrogen and oxygen atoms in total. The SMILES string of the molecule is C[I-]CCCC1(C)C=C(C)C=CC(OC(F)(F)C2=CC(C)(C)C=C(C)C=C2)=C1. The Balaban J connectivity index is 2.29. The minimum absolute atomic E-state index is 0.105. The van der Waals surface area contributed by atoms with Gasteiger partial charge in [0, 0.05) is 0 Å². The molecule has 1 atom stereocenters. The Morgan fingerprint density at radius 1 is 0.929 bits per heavy atom. The van der Waals surface area contributed by atoms with Crippen molar-refractivity contribution in [1.82, 2.24) is 0 Å². The van der Waals surface area contributed by atoms with Gasteiger partial charge in [-0.05, 0) is 6.92 Å². The van der Waals surface area contributed by atoms with Crippen LogP contribution in [0.3, 0.4) is 0 Å². The first-order chi connectivity index (χ1) is 12.9. The molecule has 0 heterocycles. The molecule has 0 fully saturated rings. The van der Waals surface area contributed by atoms with Gasteiger partial charge in [0.25, 0.3) is 0 Å². The fourth-order valence-corrected chi connectivity index (χ4v) is 4.86. The van der Waals surface area contributed by atoms with E-state index in [0.717, 1.165) is 24.0 Å². The van der Waals surface area contributed by atoms with Crippen molar-refractivity contribution in [3.05, 3.63) is 71.1 Å². The number of ether oxygens (including phenoxy) is 1. The quantitative estimate of drug-likeness (QED) is 0.292. The number of hydrogen-bond acceptors (Lipinski definition) is 1. The Kier molecular flexibility index (Phi) is 7.51. The van der Waals surface area contributed by atoms with E-state index in [1.165, 1.54) is 10.5 Å². The number of halogens is 3. The topological polar surface area (TPSA) is 9.23 Å². The van der Waals surface area contributed by atoms with Crippen LogP contribution in [-0.2, 0) is 4.74 Å². The summed E-state index contributed by atoms with van der Waals surface area (Å²) in [7, 11) is 0. The summed E-state index contributed by atoms with van der Waals surface area (Å²) in [5, 5.41) is 0. The van der Waals surface area contributed by atoms with Crippen molar-refractivity contribution in [2.24, 2.45) is 10.8 Å². The van der Waals surface area contributed by atoms with Crippen molar-refractivity contribution in [1.29, 1.82) is 0 Å². The van der Waals surface area contributed by atoms with Crippen LogP contribution in [0.4, 0.5) is 8.78 Å².